The number of carbonyl (C=O) groups is 1. The first kappa shape index (κ1) is 10.5. The molecule has 1 atom stereocenters. The monoisotopic (exact) mass is 219 g/mol. The van der Waals surface area contributed by atoms with E-state index < -0.39 is 11.9 Å². The van der Waals surface area contributed by atoms with Crippen molar-refractivity contribution in [1.29, 1.82) is 0 Å². The van der Waals surface area contributed by atoms with Crippen LogP contribution in [0.3, 0.4) is 0 Å². The number of nitrogens with one attached hydrogen (secondary N) is 1. The zero-order valence-corrected chi connectivity index (χ0v) is 8.90. The van der Waals surface area contributed by atoms with Gasteiger partial charge in [-0.1, -0.05) is 19.1 Å². The summed E-state index contributed by atoms with van der Waals surface area (Å²) in [7, 11) is 0. The number of phenolic OH excluding ortho intramolecular Hbond substituents is 1. The fraction of sp³-hybridized carbons (Fsp3) is 0.250. The van der Waals surface area contributed by atoms with Gasteiger partial charge in [0, 0.05) is 11.6 Å². The summed E-state index contributed by atoms with van der Waals surface area (Å²) in [6.07, 6.45) is 2.21. The average Bonchev–Trinajstić information content (AvgIpc) is 2.63. The molecule has 0 bridgehead atoms. The SMILES string of the molecule is CC(Cc1c[nH]c2c(O)cccc12)C(=O)O. The second kappa shape index (κ2) is 3.89. The van der Waals surface area contributed by atoms with E-state index in [1.54, 1.807) is 25.3 Å². The van der Waals surface area contributed by atoms with Crippen LogP contribution in [0.15, 0.2) is 24.4 Å². The van der Waals surface area contributed by atoms with Crippen molar-refractivity contribution in [2.75, 3.05) is 0 Å². The highest BCUT2D eigenvalue weighted by Gasteiger charge is 2.14. The Morgan fingerprint density at radius 3 is 2.94 bits per heavy atom. The molecule has 0 saturated heterocycles. The van der Waals surface area contributed by atoms with Gasteiger partial charge >= 0.3 is 5.97 Å². The normalized spacial score (nSPS) is 12.8. The lowest BCUT2D eigenvalue weighted by Gasteiger charge is -2.04. The Hall–Kier alpha value is -1.97. The Morgan fingerprint density at radius 1 is 1.50 bits per heavy atom. The molecule has 1 unspecified atom stereocenters. The third-order valence-electron chi connectivity index (χ3n) is 2.73. The van der Waals surface area contributed by atoms with Crippen molar-refractivity contribution in [1.82, 2.24) is 4.98 Å². The maximum atomic E-state index is 10.8. The van der Waals surface area contributed by atoms with Crippen molar-refractivity contribution < 1.29 is 15.0 Å². The van der Waals surface area contributed by atoms with Gasteiger partial charge in [-0.2, -0.15) is 0 Å². The van der Waals surface area contributed by atoms with Gasteiger partial charge in [-0.05, 0) is 18.1 Å². The highest BCUT2D eigenvalue weighted by Crippen LogP contribution is 2.27. The van der Waals surface area contributed by atoms with Gasteiger partial charge in [0.05, 0.1) is 11.4 Å². The number of H-pyrrole nitrogens is 1. The predicted molar refractivity (Wildman–Crippen MR) is 60.5 cm³/mol. The summed E-state index contributed by atoms with van der Waals surface area (Å²) >= 11 is 0. The van der Waals surface area contributed by atoms with Crippen LogP contribution in [0.5, 0.6) is 5.75 Å². The van der Waals surface area contributed by atoms with E-state index in [4.69, 9.17) is 5.11 Å². The van der Waals surface area contributed by atoms with Crippen molar-refractivity contribution in [2.24, 2.45) is 5.92 Å². The Kier molecular flexibility index (Phi) is 2.56. The number of para-hydroxylation sites is 1. The summed E-state index contributed by atoms with van der Waals surface area (Å²) in [6.45, 7) is 1.67. The smallest absolute Gasteiger partial charge is 0.306 e. The fourth-order valence-electron chi connectivity index (χ4n) is 1.78. The molecule has 1 aromatic carbocycles. The first-order chi connectivity index (χ1) is 7.59. The molecule has 0 saturated carbocycles. The highest BCUT2D eigenvalue weighted by molar-refractivity contribution is 5.88. The summed E-state index contributed by atoms with van der Waals surface area (Å²) in [4.78, 5) is 13.7. The average molecular weight is 219 g/mol. The van der Waals surface area contributed by atoms with Gasteiger partial charge < -0.3 is 15.2 Å². The Bertz CT molecular complexity index is 530. The van der Waals surface area contributed by atoms with Gasteiger partial charge in [0.2, 0.25) is 0 Å². The quantitative estimate of drug-likeness (QED) is 0.740. The van der Waals surface area contributed by atoms with E-state index in [2.05, 4.69) is 4.98 Å². The van der Waals surface area contributed by atoms with Crippen LogP contribution in [0, 0.1) is 5.92 Å². The second-order valence-corrected chi connectivity index (χ2v) is 3.96. The van der Waals surface area contributed by atoms with Gasteiger partial charge in [-0.15, -0.1) is 0 Å². The highest BCUT2D eigenvalue weighted by atomic mass is 16.4. The van der Waals surface area contributed by atoms with Crippen molar-refractivity contribution in [2.45, 2.75) is 13.3 Å². The standard InChI is InChI=1S/C12H13NO3/c1-7(12(15)16)5-8-6-13-11-9(8)3-2-4-10(11)14/h2-4,6-7,13-14H,5H2,1H3,(H,15,16). The van der Waals surface area contributed by atoms with Gasteiger partial charge in [-0.3, -0.25) is 4.79 Å². The molecule has 0 spiro atoms. The molecule has 0 aliphatic heterocycles. The number of aromatic hydroxyl groups is 1. The molecule has 3 N–H and O–H groups in total. The number of aromatic nitrogens is 1. The third kappa shape index (κ3) is 1.74. The lowest BCUT2D eigenvalue weighted by Crippen LogP contribution is -2.11. The minimum atomic E-state index is -0.811. The van der Waals surface area contributed by atoms with Crippen LogP contribution in [0.2, 0.25) is 0 Å². The number of fused-ring (bicyclic) bond motifs is 1. The number of carboxylic acids is 1. The van der Waals surface area contributed by atoms with Crippen molar-refractivity contribution in [3.05, 3.63) is 30.0 Å². The van der Waals surface area contributed by atoms with Gasteiger partial charge in [0.15, 0.2) is 0 Å². The summed E-state index contributed by atoms with van der Waals surface area (Å²) in [6, 6.07) is 5.22. The van der Waals surface area contributed by atoms with E-state index in [1.807, 2.05) is 6.07 Å². The number of rotatable bonds is 3. The Balaban J connectivity index is 2.39. The number of carboxylic acid groups (broad SMARTS) is 1. The number of aromatic amines is 1. The predicted octanol–water partition coefficient (Wildman–Crippen LogP) is 2.14. The molecule has 16 heavy (non-hydrogen) atoms. The summed E-state index contributed by atoms with van der Waals surface area (Å²) in [5.74, 6) is -1.05. The molecule has 2 aromatic rings. The molecule has 1 heterocycles. The largest absolute Gasteiger partial charge is 0.506 e. The summed E-state index contributed by atoms with van der Waals surface area (Å²) in [5, 5.41) is 19.3. The summed E-state index contributed by atoms with van der Waals surface area (Å²) in [5.41, 5.74) is 1.58. The van der Waals surface area contributed by atoms with E-state index in [0.717, 1.165) is 10.9 Å². The maximum absolute atomic E-state index is 10.8. The molecule has 0 aliphatic rings. The minimum absolute atomic E-state index is 0.187. The molecule has 0 amide bonds. The number of benzene rings is 1. The minimum Gasteiger partial charge on any atom is -0.506 e. The van der Waals surface area contributed by atoms with E-state index in [0.29, 0.717) is 11.9 Å². The van der Waals surface area contributed by atoms with Gasteiger partial charge in [0.1, 0.15) is 5.75 Å². The number of hydrogen-bond acceptors (Lipinski definition) is 2. The molecule has 0 radical (unpaired) electrons. The van der Waals surface area contributed by atoms with Crippen LogP contribution in [0.4, 0.5) is 0 Å². The van der Waals surface area contributed by atoms with Crippen LogP contribution in [0.25, 0.3) is 10.9 Å². The van der Waals surface area contributed by atoms with Crippen molar-refractivity contribution in [3.8, 4) is 5.75 Å². The van der Waals surface area contributed by atoms with Crippen LogP contribution in [-0.4, -0.2) is 21.2 Å². The van der Waals surface area contributed by atoms with Gasteiger partial charge in [-0.25, -0.2) is 0 Å². The lowest BCUT2D eigenvalue weighted by atomic mass is 10.0. The van der Waals surface area contributed by atoms with Crippen LogP contribution >= 0.6 is 0 Å². The molecule has 0 aliphatic carbocycles. The molecule has 0 fully saturated rings. The summed E-state index contributed by atoms with van der Waals surface area (Å²) < 4.78 is 0. The van der Waals surface area contributed by atoms with Crippen LogP contribution in [0.1, 0.15) is 12.5 Å². The van der Waals surface area contributed by atoms with Crippen LogP contribution < -0.4 is 0 Å². The van der Waals surface area contributed by atoms with E-state index >= 15 is 0 Å². The Morgan fingerprint density at radius 2 is 2.25 bits per heavy atom. The van der Waals surface area contributed by atoms with E-state index in [1.165, 1.54) is 0 Å². The first-order valence-electron chi connectivity index (χ1n) is 5.10. The first-order valence-corrected chi connectivity index (χ1v) is 5.10. The number of hydrogen-bond donors (Lipinski definition) is 3. The van der Waals surface area contributed by atoms with Crippen molar-refractivity contribution >= 4 is 16.9 Å². The maximum Gasteiger partial charge on any atom is 0.306 e. The fourth-order valence-corrected chi connectivity index (χ4v) is 1.78. The molecule has 4 heteroatoms. The topological polar surface area (TPSA) is 73.3 Å². The lowest BCUT2D eigenvalue weighted by molar-refractivity contribution is -0.141. The molecular formula is C12H13NO3. The molecule has 2 rings (SSSR count). The molecular weight excluding hydrogens is 206 g/mol. The van der Waals surface area contributed by atoms with Crippen molar-refractivity contribution in [3.63, 3.8) is 0 Å². The molecule has 1 aromatic heterocycles. The van der Waals surface area contributed by atoms with Crippen LogP contribution in [-0.2, 0) is 11.2 Å². The molecule has 84 valence electrons. The van der Waals surface area contributed by atoms with Gasteiger partial charge in [0.25, 0.3) is 0 Å². The number of phenols is 1. The number of aliphatic carboxylic acids is 1. The second-order valence-electron chi connectivity index (χ2n) is 3.96. The third-order valence-corrected chi connectivity index (χ3v) is 2.73. The van der Waals surface area contributed by atoms with E-state index in [-0.39, 0.29) is 5.75 Å². The molecule has 4 nitrogen and oxygen atoms in total. The Labute approximate surface area is 92.5 Å². The van der Waals surface area contributed by atoms with E-state index in [9.17, 15) is 9.90 Å². The zero-order valence-electron chi connectivity index (χ0n) is 8.90. The zero-order chi connectivity index (χ0) is 11.7.